The number of hydrogen-bond donors (Lipinski definition) is 1. The molecule has 1 atom stereocenters. The molecular weight excluding hydrogens is 325 g/mol. The lowest BCUT2D eigenvalue weighted by atomic mass is 9.97. The van der Waals surface area contributed by atoms with Gasteiger partial charge in [-0.3, -0.25) is 9.59 Å². The van der Waals surface area contributed by atoms with E-state index in [1.165, 1.54) is 12.3 Å². The van der Waals surface area contributed by atoms with E-state index in [0.29, 0.717) is 36.7 Å². The van der Waals surface area contributed by atoms with Gasteiger partial charge in [0.05, 0.1) is 17.7 Å². The van der Waals surface area contributed by atoms with Crippen LogP contribution in [0.5, 0.6) is 0 Å². The van der Waals surface area contributed by atoms with Crippen LogP contribution in [0.1, 0.15) is 25.2 Å². The first-order valence-corrected chi connectivity index (χ1v) is 8.31. The van der Waals surface area contributed by atoms with E-state index in [4.69, 9.17) is 10.2 Å². The van der Waals surface area contributed by atoms with Gasteiger partial charge in [-0.05, 0) is 25.0 Å². The molecule has 0 unspecified atom stereocenters. The zero-order chi connectivity index (χ0) is 17.8. The normalized spacial score (nSPS) is 17.5. The fraction of sp³-hybridized carbons (Fsp3) is 0.389. The Balaban J connectivity index is 1.58. The van der Waals surface area contributed by atoms with Gasteiger partial charge >= 0.3 is 0 Å². The highest BCUT2D eigenvalue weighted by atomic mass is 19.1. The molecule has 2 amide bonds. The molecule has 1 aliphatic heterocycles. The van der Waals surface area contributed by atoms with Gasteiger partial charge in [0, 0.05) is 25.9 Å². The van der Waals surface area contributed by atoms with Gasteiger partial charge in [-0.2, -0.15) is 0 Å². The van der Waals surface area contributed by atoms with Crippen LogP contribution in [0.15, 0.2) is 34.9 Å². The molecule has 1 aromatic heterocycles. The molecule has 0 spiro atoms. The van der Waals surface area contributed by atoms with Gasteiger partial charge in [0.2, 0.25) is 11.8 Å². The third-order valence-corrected chi connectivity index (χ3v) is 4.42. The number of rotatable bonds is 5. The van der Waals surface area contributed by atoms with Crippen molar-refractivity contribution in [2.24, 2.45) is 11.7 Å². The van der Waals surface area contributed by atoms with Gasteiger partial charge < -0.3 is 15.1 Å². The average Bonchev–Trinajstić information content (AvgIpc) is 3.09. The number of piperidine rings is 1. The van der Waals surface area contributed by atoms with Crippen LogP contribution in [0, 0.1) is 11.7 Å². The van der Waals surface area contributed by atoms with E-state index in [0.717, 1.165) is 12.8 Å². The van der Waals surface area contributed by atoms with Gasteiger partial charge in [-0.25, -0.2) is 9.37 Å². The Morgan fingerprint density at radius 2 is 2.16 bits per heavy atom. The third-order valence-electron chi connectivity index (χ3n) is 4.42. The molecule has 0 aliphatic carbocycles. The maximum atomic E-state index is 13.8. The fourth-order valence-electron chi connectivity index (χ4n) is 3.02. The zero-order valence-electron chi connectivity index (χ0n) is 13.8. The van der Waals surface area contributed by atoms with E-state index in [1.807, 2.05) is 0 Å². The summed E-state index contributed by atoms with van der Waals surface area (Å²) in [6.07, 6.45) is 3.51. The van der Waals surface area contributed by atoms with Crippen molar-refractivity contribution < 1.29 is 18.4 Å². The Labute approximate surface area is 144 Å². The summed E-state index contributed by atoms with van der Waals surface area (Å²) in [7, 11) is 0. The molecule has 7 heteroatoms. The fourth-order valence-corrected chi connectivity index (χ4v) is 3.02. The number of carbonyl (C=O) groups is 2. The van der Waals surface area contributed by atoms with Crippen LogP contribution in [-0.4, -0.2) is 34.8 Å². The SMILES string of the molecule is NC(=O)[C@H]1CCCN(C(=O)CCc2ncc(-c3ccccc3F)o2)C1. The minimum Gasteiger partial charge on any atom is -0.441 e. The third kappa shape index (κ3) is 4.04. The highest BCUT2D eigenvalue weighted by molar-refractivity contribution is 5.80. The number of benzene rings is 1. The molecule has 0 saturated carbocycles. The first kappa shape index (κ1) is 17.1. The summed E-state index contributed by atoms with van der Waals surface area (Å²) in [5.41, 5.74) is 5.67. The highest BCUT2D eigenvalue weighted by Gasteiger charge is 2.26. The van der Waals surface area contributed by atoms with Crippen LogP contribution in [0.4, 0.5) is 4.39 Å². The van der Waals surface area contributed by atoms with Crippen molar-refractivity contribution in [1.29, 1.82) is 0 Å². The number of nitrogens with zero attached hydrogens (tertiary/aromatic N) is 2. The quantitative estimate of drug-likeness (QED) is 0.899. The summed E-state index contributed by atoms with van der Waals surface area (Å²) in [5, 5.41) is 0. The minimum absolute atomic E-state index is 0.0587. The number of halogens is 1. The predicted molar refractivity (Wildman–Crippen MR) is 88.7 cm³/mol. The molecule has 2 N–H and O–H groups in total. The Kier molecular flexibility index (Phi) is 5.11. The first-order valence-electron chi connectivity index (χ1n) is 8.31. The number of hydrogen-bond acceptors (Lipinski definition) is 4. The Morgan fingerprint density at radius 1 is 1.36 bits per heavy atom. The number of nitrogens with two attached hydrogens (primary N) is 1. The minimum atomic E-state index is -0.382. The molecule has 1 saturated heterocycles. The molecule has 6 nitrogen and oxygen atoms in total. The van der Waals surface area contributed by atoms with Crippen LogP contribution in [0.25, 0.3) is 11.3 Å². The molecule has 1 aliphatic rings. The summed E-state index contributed by atoms with van der Waals surface area (Å²) in [6.45, 7) is 1.01. The van der Waals surface area contributed by atoms with Crippen LogP contribution >= 0.6 is 0 Å². The molecular formula is C18H20FN3O3. The first-order chi connectivity index (χ1) is 12.0. The second kappa shape index (κ2) is 7.46. The molecule has 132 valence electrons. The topological polar surface area (TPSA) is 89.4 Å². The van der Waals surface area contributed by atoms with E-state index in [2.05, 4.69) is 4.98 Å². The number of aromatic nitrogens is 1. The maximum Gasteiger partial charge on any atom is 0.223 e. The molecule has 25 heavy (non-hydrogen) atoms. The van der Waals surface area contributed by atoms with E-state index in [1.54, 1.807) is 23.1 Å². The zero-order valence-corrected chi connectivity index (χ0v) is 13.8. The number of aryl methyl sites for hydroxylation is 1. The molecule has 1 fully saturated rings. The van der Waals surface area contributed by atoms with Crippen LogP contribution in [0.2, 0.25) is 0 Å². The Bertz CT molecular complexity index is 774. The van der Waals surface area contributed by atoms with E-state index in [-0.39, 0.29) is 30.0 Å². The lowest BCUT2D eigenvalue weighted by molar-refractivity contribution is -0.135. The molecule has 2 heterocycles. The number of carbonyl (C=O) groups excluding carboxylic acids is 2. The predicted octanol–water partition coefficient (Wildman–Crippen LogP) is 2.14. The van der Waals surface area contributed by atoms with Crippen molar-refractivity contribution in [3.05, 3.63) is 42.2 Å². The summed E-state index contributed by atoms with van der Waals surface area (Å²) in [4.78, 5) is 29.4. The van der Waals surface area contributed by atoms with Crippen LogP contribution < -0.4 is 5.73 Å². The van der Waals surface area contributed by atoms with Crippen molar-refractivity contribution in [3.8, 4) is 11.3 Å². The smallest absolute Gasteiger partial charge is 0.223 e. The van der Waals surface area contributed by atoms with Crippen molar-refractivity contribution in [1.82, 2.24) is 9.88 Å². The number of likely N-dealkylation sites (tertiary alicyclic amines) is 1. The number of oxazole rings is 1. The monoisotopic (exact) mass is 345 g/mol. The van der Waals surface area contributed by atoms with E-state index >= 15 is 0 Å². The Hall–Kier alpha value is -2.70. The van der Waals surface area contributed by atoms with Gasteiger partial charge in [-0.15, -0.1) is 0 Å². The summed E-state index contributed by atoms with van der Waals surface area (Å²) < 4.78 is 19.3. The molecule has 3 rings (SSSR count). The maximum absolute atomic E-state index is 13.8. The van der Waals surface area contributed by atoms with E-state index in [9.17, 15) is 14.0 Å². The van der Waals surface area contributed by atoms with Crippen molar-refractivity contribution in [2.45, 2.75) is 25.7 Å². The Morgan fingerprint density at radius 3 is 2.92 bits per heavy atom. The molecule has 0 bridgehead atoms. The number of primary amides is 1. The molecule has 1 aromatic carbocycles. The van der Waals surface area contributed by atoms with Crippen molar-refractivity contribution in [3.63, 3.8) is 0 Å². The standard InChI is InChI=1S/C18H20FN3O3/c19-14-6-2-1-5-13(14)15-10-21-16(25-15)7-8-17(23)22-9-3-4-12(11-22)18(20)24/h1-2,5-6,10,12H,3-4,7-9,11H2,(H2,20,24)/t12-/m0/s1. The summed E-state index contributed by atoms with van der Waals surface area (Å²) in [6, 6.07) is 6.29. The van der Waals surface area contributed by atoms with Gasteiger partial charge in [0.25, 0.3) is 0 Å². The van der Waals surface area contributed by atoms with E-state index < -0.39 is 0 Å². The van der Waals surface area contributed by atoms with Crippen LogP contribution in [-0.2, 0) is 16.0 Å². The second-order valence-corrected chi connectivity index (χ2v) is 6.18. The summed E-state index contributed by atoms with van der Waals surface area (Å²) in [5.74, 6) is -0.349. The van der Waals surface area contributed by atoms with Crippen molar-refractivity contribution in [2.75, 3.05) is 13.1 Å². The lowest BCUT2D eigenvalue weighted by Gasteiger charge is -2.31. The van der Waals surface area contributed by atoms with Gasteiger partial charge in [0.15, 0.2) is 11.7 Å². The van der Waals surface area contributed by atoms with Crippen molar-refractivity contribution >= 4 is 11.8 Å². The van der Waals surface area contributed by atoms with Gasteiger partial charge in [-0.1, -0.05) is 12.1 Å². The summed E-state index contributed by atoms with van der Waals surface area (Å²) >= 11 is 0. The highest BCUT2D eigenvalue weighted by Crippen LogP contribution is 2.24. The van der Waals surface area contributed by atoms with Gasteiger partial charge in [0.1, 0.15) is 5.82 Å². The largest absolute Gasteiger partial charge is 0.441 e. The van der Waals surface area contributed by atoms with Crippen LogP contribution in [0.3, 0.4) is 0 Å². The second-order valence-electron chi connectivity index (χ2n) is 6.18. The molecule has 2 aromatic rings. The molecule has 0 radical (unpaired) electrons. The average molecular weight is 345 g/mol. The lowest BCUT2D eigenvalue weighted by Crippen LogP contribution is -2.44. The number of amides is 2.